The maximum Gasteiger partial charge on any atom is 0.435 e. The van der Waals surface area contributed by atoms with E-state index in [0.717, 1.165) is 33.9 Å². The predicted octanol–water partition coefficient (Wildman–Crippen LogP) is 2.22. The number of hydrogen-bond acceptors (Lipinski definition) is 4. The molecule has 0 radical (unpaired) electrons. The first-order valence-corrected chi connectivity index (χ1v) is 9.16. The predicted molar refractivity (Wildman–Crippen MR) is 94.3 cm³/mol. The summed E-state index contributed by atoms with van der Waals surface area (Å²) in [6, 6.07) is 0.964. The Bertz CT molecular complexity index is 888. The summed E-state index contributed by atoms with van der Waals surface area (Å²) in [4.78, 5) is 24.1. The normalized spacial score (nSPS) is 13.1. The van der Waals surface area contributed by atoms with E-state index in [-0.39, 0.29) is 6.54 Å². The quantitative estimate of drug-likeness (QED) is 0.569. The van der Waals surface area contributed by atoms with E-state index >= 15 is 0 Å². The largest absolute Gasteiger partial charge is 0.435 e. The third-order valence-corrected chi connectivity index (χ3v) is 4.02. The van der Waals surface area contributed by atoms with Crippen molar-refractivity contribution in [3.8, 4) is 0 Å². The number of aromatic nitrogens is 4. The second-order valence-electron chi connectivity index (χ2n) is 6.65. The molecule has 0 aliphatic carbocycles. The van der Waals surface area contributed by atoms with Crippen LogP contribution < -0.4 is 10.6 Å². The smallest absolute Gasteiger partial charge is 0.352 e. The Balaban J connectivity index is 1.84. The minimum Gasteiger partial charge on any atom is -0.352 e. The van der Waals surface area contributed by atoms with E-state index in [1.807, 2.05) is 6.92 Å². The van der Waals surface area contributed by atoms with E-state index in [9.17, 15) is 35.9 Å². The molecule has 2 rings (SSSR count). The highest BCUT2D eigenvalue weighted by atomic mass is 19.4. The van der Waals surface area contributed by atoms with E-state index in [0.29, 0.717) is 12.8 Å². The van der Waals surface area contributed by atoms with Crippen LogP contribution in [0.3, 0.4) is 0 Å². The van der Waals surface area contributed by atoms with Crippen molar-refractivity contribution in [2.45, 2.75) is 51.2 Å². The number of nitrogens with zero attached hydrogens (tertiary/aromatic N) is 4. The summed E-state index contributed by atoms with van der Waals surface area (Å²) in [6.45, 7) is 0.916. The summed E-state index contributed by atoms with van der Waals surface area (Å²) in [5, 5.41) is 11.6. The van der Waals surface area contributed by atoms with Gasteiger partial charge in [0.1, 0.15) is 13.1 Å². The van der Waals surface area contributed by atoms with Crippen LogP contribution in [0, 0.1) is 0 Å². The zero-order valence-electron chi connectivity index (χ0n) is 16.3. The molecule has 14 heteroatoms. The molecule has 0 spiro atoms. The van der Waals surface area contributed by atoms with Crippen molar-refractivity contribution in [2.75, 3.05) is 6.54 Å². The molecule has 0 saturated carbocycles. The van der Waals surface area contributed by atoms with Crippen molar-refractivity contribution < 1.29 is 35.9 Å². The number of hydrogen-bond donors (Lipinski definition) is 2. The van der Waals surface area contributed by atoms with Gasteiger partial charge in [0.25, 0.3) is 0 Å². The SMILES string of the molecule is CCCC(CNC(=O)Cn1ccc(C(F)(F)F)n1)NC(=O)Cn1ccc(C(F)(F)F)n1. The molecule has 2 aromatic heterocycles. The summed E-state index contributed by atoms with van der Waals surface area (Å²) in [5.74, 6) is -1.22. The summed E-state index contributed by atoms with van der Waals surface area (Å²) in [6.07, 6.45) is -6.10. The van der Waals surface area contributed by atoms with E-state index < -0.39 is 54.7 Å². The molecule has 0 aliphatic rings. The number of carbonyl (C=O) groups excluding carboxylic acids is 2. The number of alkyl halides is 6. The lowest BCUT2D eigenvalue weighted by atomic mass is 10.1. The molecule has 1 atom stereocenters. The van der Waals surface area contributed by atoms with Crippen LogP contribution in [0.1, 0.15) is 31.2 Å². The zero-order chi connectivity index (χ0) is 23.2. The van der Waals surface area contributed by atoms with Crippen LogP contribution in [0.15, 0.2) is 24.5 Å². The second kappa shape index (κ2) is 9.83. The lowest BCUT2D eigenvalue weighted by Gasteiger charge is -2.19. The molecular weight excluding hydrogens is 434 g/mol. The van der Waals surface area contributed by atoms with Gasteiger partial charge in [0, 0.05) is 25.0 Å². The average molecular weight is 454 g/mol. The summed E-state index contributed by atoms with van der Waals surface area (Å²) >= 11 is 0. The maximum atomic E-state index is 12.6. The second-order valence-corrected chi connectivity index (χ2v) is 6.65. The molecule has 0 aromatic carbocycles. The first-order valence-electron chi connectivity index (χ1n) is 9.16. The first kappa shape index (κ1) is 24.2. The van der Waals surface area contributed by atoms with Crippen LogP contribution in [0.25, 0.3) is 0 Å². The van der Waals surface area contributed by atoms with Gasteiger partial charge in [-0.2, -0.15) is 36.5 Å². The van der Waals surface area contributed by atoms with Crippen molar-refractivity contribution in [3.05, 3.63) is 35.9 Å². The van der Waals surface area contributed by atoms with Crippen LogP contribution in [-0.2, 0) is 35.0 Å². The van der Waals surface area contributed by atoms with Crippen molar-refractivity contribution in [1.29, 1.82) is 0 Å². The molecule has 2 heterocycles. The third-order valence-electron chi connectivity index (χ3n) is 4.02. The summed E-state index contributed by atoms with van der Waals surface area (Å²) < 4.78 is 77.0. The number of nitrogens with one attached hydrogen (secondary N) is 2. The maximum absolute atomic E-state index is 12.6. The van der Waals surface area contributed by atoms with Crippen LogP contribution in [0.5, 0.6) is 0 Å². The number of halogens is 6. The van der Waals surface area contributed by atoms with Crippen molar-refractivity contribution in [1.82, 2.24) is 30.2 Å². The van der Waals surface area contributed by atoms with Gasteiger partial charge in [0.15, 0.2) is 11.4 Å². The van der Waals surface area contributed by atoms with Gasteiger partial charge in [-0.05, 0) is 18.6 Å². The standard InChI is InChI=1S/C17H20F6N6O2/c1-2-3-11(25-15(31)10-29-7-5-13(27-29)17(21,22)23)8-24-14(30)9-28-6-4-12(26-28)16(18,19)20/h4-7,11H,2-3,8-10H2,1H3,(H,24,30)(H,25,31). The summed E-state index contributed by atoms with van der Waals surface area (Å²) in [7, 11) is 0. The van der Waals surface area contributed by atoms with Crippen LogP contribution in [0.2, 0.25) is 0 Å². The molecule has 0 aliphatic heterocycles. The van der Waals surface area contributed by atoms with E-state index in [4.69, 9.17) is 0 Å². The van der Waals surface area contributed by atoms with Gasteiger partial charge in [0.2, 0.25) is 11.8 Å². The van der Waals surface area contributed by atoms with E-state index in [1.165, 1.54) is 0 Å². The first-order chi connectivity index (χ1) is 14.4. The third kappa shape index (κ3) is 7.61. The van der Waals surface area contributed by atoms with Crippen molar-refractivity contribution in [3.63, 3.8) is 0 Å². The lowest BCUT2D eigenvalue weighted by molar-refractivity contribution is -0.142. The Morgan fingerprint density at radius 3 is 1.84 bits per heavy atom. The van der Waals surface area contributed by atoms with E-state index in [1.54, 1.807) is 0 Å². The van der Waals surface area contributed by atoms with Gasteiger partial charge < -0.3 is 10.6 Å². The highest BCUT2D eigenvalue weighted by Crippen LogP contribution is 2.27. The lowest BCUT2D eigenvalue weighted by Crippen LogP contribution is -2.45. The minimum absolute atomic E-state index is 0.0152. The van der Waals surface area contributed by atoms with Gasteiger partial charge in [-0.1, -0.05) is 13.3 Å². The molecule has 172 valence electrons. The monoisotopic (exact) mass is 454 g/mol. The fourth-order valence-corrected chi connectivity index (χ4v) is 2.64. The fourth-order valence-electron chi connectivity index (χ4n) is 2.64. The van der Waals surface area contributed by atoms with Gasteiger partial charge in [-0.15, -0.1) is 0 Å². The fraction of sp³-hybridized carbons (Fsp3) is 0.529. The number of carbonyl (C=O) groups is 2. The molecular formula is C17H20F6N6O2. The van der Waals surface area contributed by atoms with Gasteiger partial charge >= 0.3 is 12.4 Å². The Morgan fingerprint density at radius 1 is 0.935 bits per heavy atom. The van der Waals surface area contributed by atoms with Crippen LogP contribution in [0.4, 0.5) is 26.3 Å². The molecule has 0 bridgehead atoms. The zero-order valence-corrected chi connectivity index (χ0v) is 16.3. The Kier molecular flexibility index (Phi) is 7.68. The van der Waals surface area contributed by atoms with Crippen molar-refractivity contribution >= 4 is 11.8 Å². The molecule has 2 amide bonds. The molecule has 2 N–H and O–H groups in total. The molecule has 0 saturated heterocycles. The average Bonchev–Trinajstić information content (AvgIpc) is 3.29. The van der Waals surface area contributed by atoms with E-state index in [2.05, 4.69) is 20.8 Å². The highest BCUT2D eigenvalue weighted by molar-refractivity contribution is 5.77. The number of amides is 2. The molecule has 8 nitrogen and oxygen atoms in total. The molecule has 1 unspecified atom stereocenters. The Morgan fingerprint density at radius 2 is 1.42 bits per heavy atom. The van der Waals surface area contributed by atoms with Crippen LogP contribution >= 0.6 is 0 Å². The Labute approximate surface area is 172 Å². The Hall–Kier alpha value is -3.06. The topological polar surface area (TPSA) is 93.8 Å². The molecule has 2 aromatic rings. The minimum atomic E-state index is -4.62. The van der Waals surface area contributed by atoms with Gasteiger partial charge in [-0.25, -0.2) is 0 Å². The van der Waals surface area contributed by atoms with Gasteiger partial charge in [0.05, 0.1) is 0 Å². The highest BCUT2D eigenvalue weighted by Gasteiger charge is 2.34. The summed E-state index contributed by atoms with van der Waals surface area (Å²) in [5.41, 5.74) is -2.24. The molecule has 31 heavy (non-hydrogen) atoms. The van der Waals surface area contributed by atoms with Crippen molar-refractivity contribution in [2.24, 2.45) is 0 Å². The van der Waals surface area contributed by atoms with Gasteiger partial charge in [-0.3, -0.25) is 19.0 Å². The molecule has 0 fully saturated rings. The van der Waals surface area contributed by atoms with Crippen LogP contribution in [-0.4, -0.2) is 44.0 Å². The number of rotatable bonds is 9.